The van der Waals surface area contributed by atoms with Crippen LogP contribution in [0.2, 0.25) is 0 Å². The molecule has 1 N–H and O–H groups in total. The summed E-state index contributed by atoms with van der Waals surface area (Å²) in [5, 5.41) is 4.99. The molecule has 0 unspecified atom stereocenters. The number of hydrazone groups is 1. The van der Waals surface area contributed by atoms with Crippen LogP contribution in [0.5, 0.6) is 0 Å². The van der Waals surface area contributed by atoms with Gasteiger partial charge in [0.2, 0.25) is 5.95 Å². The summed E-state index contributed by atoms with van der Waals surface area (Å²) < 4.78 is 7.61. The smallest absolute Gasteiger partial charge is 0.264 e. The summed E-state index contributed by atoms with van der Waals surface area (Å²) in [6.07, 6.45) is 0.712. The van der Waals surface area contributed by atoms with E-state index in [4.69, 9.17) is 9.72 Å². The van der Waals surface area contributed by atoms with Gasteiger partial charge in [-0.2, -0.15) is 5.10 Å². The Morgan fingerprint density at radius 2 is 2.07 bits per heavy atom. The van der Waals surface area contributed by atoms with Gasteiger partial charge in [0.05, 0.1) is 24.1 Å². The Morgan fingerprint density at radius 3 is 2.79 bits per heavy atom. The molecule has 146 valence electrons. The number of aromatic nitrogens is 2. The third kappa shape index (κ3) is 3.59. The summed E-state index contributed by atoms with van der Waals surface area (Å²) in [6.45, 7) is 8.88. The first-order valence-electron chi connectivity index (χ1n) is 9.34. The monoisotopic (exact) mass is 396 g/mol. The lowest BCUT2D eigenvalue weighted by Crippen LogP contribution is -2.32. The van der Waals surface area contributed by atoms with E-state index in [9.17, 15) is 4.79 Å². The fraction of sp³-hybridized carbons (Fsp3) is 0.381. The van der Waals surface area contributed by atoms with E-state index in [1.165, 1.54) is 0 Å². The van der Waals surface area contributed by atoms with Crippen molar-refractivity contribution in [1.29, 1.82) is 0 Å². The number of anilines is 1. The van der Waals surface area contributed by atoms with Gasteiger partial charge in [-0.1, -0.05) is 30.3 Å². The SMILES string of the molecule is CC(C)=NNc1nc2sc3c(c2c(=O)n1Cc1ccccc1)CC(C)(C)OC3. The van der Waals surface area contributed by atoms with E-state index in [-0.39, 0.29) is 11.2 Å². The summed E-state index contributed by atoms with van der Waals surface area (Å²) in [6, 6.07) is 9.93. The van der Waals surface area contributed by atoms with Crippen LogP contribution in [0.1, 0.15) is 43.7 Å². The van der Waals surface area contributed by atoms with E-state index < -0.39 is 0 Å². The fourth-order valence-corrected chi connectivity index (χ4v) is 4.48. The van der Waals surface area contributed by atoms with Crippen LogP contribution in [0.25, 0.3) is 10.2 Å². The van der Waals surface area contributed by atoms with Crippen molar-refractivity contribution in [3.05, 3.63) is 56.7 Å². The lowest BCUT2D eigenvalue weighted by molar-refractivity contribution is -0.0379. The summed E-state index contributed by atoms with van der Waals surface area (Å²) in [5.74, 6) is 0.460. The summed E-state index contributed by atoms with van der Waals surface area (Å²) in [5.41, 5.74) is 5.65. The van der Waals surface area contributed by atoms with Gasteiger partial charge in [-0.15, -0.1) is 11.3 Å². The Hall–Kier alpha value is -2.51. The second-order valence-corrected chi connectivity index (χ2v) is 8.98. The normalized spacial score (nSPS) is 15.3. The number of benzene rings is 1. The van der Waals surface area contributed by atoms with Crippen LogP contribution in [0, 0.1) is 0 Å². The van der Waals surface area contributed by atoms with Crippen LogP contribution >= 0.6 is 11.3 Å². The zero-order valence-corrected chi connectivity index (χ0v) is 17.4. The van der Waals surface area contributed by atoms with Gasteiger partial charge in [0.15, 0.2) is 0 Å². The van der Waals surface area contributed by atoms with E-state index in [1.807, 2.05) is 44.2 Å². The lowest BCUT2D eigenvalue weighted by atomic mass is 9.94. The first kappa shape index (κ1) is 18.8. The molecule has 0 saturated heterocycles. The van der Waals surface area contributed by atoms with Gasteiger partial charge in [0.1, 0.15) is 4.83 Å². The van der Waals surface area contributed by atoms with E-state index >= 15 is 0 Å². The van der Waals surface area contributed by atoms with E-state index in [0.29, 0.717) is 25.5 Å². The molecule has 0 spiro atoms. The number of nitrogens with zero attached hydrogens (tertiary/aromatic N) is 3. The Bertz CT molecular complexity index is 1110. The molecule has 0 atom stereocenters. The van der Waals surface area contributed by atoms with Crippen molar-refractivity contribution in [3.63, 3.8) is 0 Å². The highest BCUT2D eigenvalue weighted by Gasteiger charge is 2.31. The van der Waals surface area contributed by atoms with Crippen molar-refractivity contribution < 1.29 is 4.74 Å². The van der Waals surface area contributed by atoms with E-state index in [1.54, 1.807) is 15.9 Å². The minimum atomic E-state index is -0.280. The molecule has 3 heterocycles. The molecule has 0 saturated carbocycles. The van der Waals surface area contributed by atoms with Crippen LogP contribution in [-0.4, -0.2) is 20.9 Å². The van der Waals surface area contributed by atoms with Crippen molar-refractivity contribution >= 4 is 33.2 Å². The standard InChI is InChI=1S/C21H24N4O2S/c1-13(2)23-24-20-22-18-17(15-10-21(3,4)27-12-16(15)28-18)19(26)25(20)11-14-8-6-5-7-9-14/h5-9H,10-12H2,1-4H3,(H,22,24). The molecule has 0 bridgehead atoms. The van der Waals surface area contributed by atoms with Gasteiger partial charge in [-0.3, -0.25) is 9.36 Å². The predicted molar refractivity (Wildman–Crippen MR) is 114 cm³/mol. The number of thiophene rings is 1. The Kier molecular flexibility index (Phi) is 4.81. The van der Waals surface area contributed by atoms with Crippen molar-refractivity contribution in [3.8, 4) is 0 Å². The average molecular weight is 397 g/mol. The molecule has 1 aromatic carbocycles. The third-order valence-electron chi connectivity index (χ3n) is 4.75. The van der Waals surface area contributed by atoms with Gasteiger partial charge < -0.3 is 4.74 Å². The molecule has 1 aliphatic rings. The maximum atomic E-state index is 13.5. The van der Waals surface area contributed by atoms with Crippen molar-refractivity contribution in [2.45, 2.75) is 52.9 Å². The molecule has 7 heteroatoms. The third-order valence-corrected chi connectivity index (χ3v) is 5.85. The lowest BCUT2D eigenvalue weighted by Gasteiger charge is -2.29. The molecule has 0 amide bonds. The first-order chi connectivity index (χ1) is 13.3. The highest BCUT2D eigenvalue weighted by molar-refractivity contribution is 7.18. The quantitative estimate of drug-likeness (QED) is 0.531. The molecule has 6 nitrogen and oxygen atoms in total. The number of hydrogen-bond donors (Lipinski definition) is 1. The van der Waals surface area contributed by atoms with Crippen molar-refractivity contribution in [2.24, 2.45) is 5.10 Å². The number of hydrogen-bond acceptors (Lipinski definition) is 6. The first-order valence-corrected chi connectivity index (χ1v) is 10.2. The molecule has 1 aliphatic heterocycles. The molecular formula is C21H24N4O2S. The molecule has 0 aliphatic carbocycles. The molecule has 3 aromatic rings. The zero-order chi connectivity index (χ0) is 19.9. The molecule has 2 aromatic heterocycles. The highest BCUT2D eigenvalue weighted by Crippen LogP contribution is 2.37. The summed E-state index contributed by atoms with van der Waals surface area (Å²) in [4.78, 5) is 20.1. The topological polar surface area (TPSA) is 68.5 Å². The van der Waals surface area contributed by atoms with Crippen LogP contribution < -0.4 is 11.0 Å². The van der Waals surface area contributed by atoms with Gasteiger partial charge in [-0.25, -0.2) is 10.4 Å². The van der Waals surface area contributed by atoms with Crippen LogP contribution in [0.15, 0.2) is 40.2 Å². The van der Waals surface area contributed by atoms with E-state index in [0.717, 1.165) is 31.9 Å². The maximum Gasteiger partial charge on any atom is 0.264 e. The molecule has 28 heavy (non-hydrogen) atoms. The van der Waals surface area contributed by atoms with Crippen LogP contribution in [0.4, 0.5) is 5.95 Å². The van der Waals surface area contributed by atoms with Gasteiger partial charge in [0.25, 0.3) is 5.56 Å². The Labute approximate surface area is 167 Å². The second kappa shape index (κ2) is 7.14. The van der Waals surface area contributed by atoms with Crippen molar-refractivity contribution in [2.75, 3.05) is 5.43 Å². The summed E-state index contributed by atoms with van der Waals surface area (Å²) >= 11 is 1.54. The van der Waals surface area contributed by atoms with E-state index in [2.05, 4.69) is 24.4 Å². The van der Waals surface area contributed by atoms with Crippen LogP contribution in [0.3, 0.4) is 0 Å². The average Bonchev–Trinajstić information content (AvgIpc) is 3.00. The fourth-order valence-electron chi connectivity index (χ4n) is 3.39. The number of ether oxygens (including phenoxy) is 1. The Morgan fingerprint density at radius 1 is 1.32 bits per heavy atom. The molecular weight excluding hydrogens is 372 g/mol. The van der Waals surface area contributed by atoms with Gasteiger partial charge >= 0.3 is 0 Å². The number of rotatable bonds is 4. The van der Waals surface area contributed by atoms with Gasteiger partial charge in [0, 0.05) is 17.0 Å². The Balaban J connectivity index is 1.90. The maximum absolute atomic E-state index is 13.5. The van der Waals surface area contributed by atoms with Crippen molar-refractivity contribution in [1.82, 2.24) is 9.55 Å². The van der Waals surface area contributed by atoms with Crippen LogP contribution in [-0.2, 0) is 24.3 Å². The minimum absolute atomic E-state index is 0.0319. The molecule has 4 rings (SSSR count). The molecule has 0 radical (unpaired) electrons. The number of nitrogens with one attached hydrogen (secondary N) is 1. The highest BCUT2D eigenvalue weighted by atomic mass is 32.1. The predicted octanol–water partition coefficient (Wildman–Crippen LogP) is 4.17. The molecule has 0 fully saturated rings. The second-order valence-electron chi connectivity index (χ2n) is 7.89. The zero-order valence-electron chi connectivity index (χ0n) is 16.6. The number of fused-ring (bicyclic) bond motifs is 3. The summed E-state index contributed by atoms with van der Waals surface area (Å²) in [7, 11) is 0. The van der Waals surface area contributed by atoms with Gasteiger partial charge in [-0.05, 0) is 38.8 Å². The minimum Gasteiger partial charge on any atom is -0.370 e. The largest absolute Gasteiger partial charge is 0.370 e.